The maximum absolute atomic E-state index is 13.9. The standard InChI is InChI=1S/C20H22FN9/c1-2-17(16(29-25)9-26-15-6-4-3-5-13(15)21)30-10-12(14(23)7-8-22)18-19(24)27-11-28-20(18)30/h3-11,17,23,25-26H,2,22H2,1H3,(H2,24,27,28)/b8-7-,16-9-,23-14?,29-25?. The molecule has 9 nitrogen and oxygen atoms in total. The summed E-state index contributed by atoms with van der Waals surface area (Å²) in [5.41, 5.74) is 20.9. The van der Waals surface area contributed by atoms with Crippen LogP contribution in [-0.2, 0) is 0 Å². The number of nitrogen functional groups attached to an aromatic ring is 1. The molecule has 3 rings (SSSR count). The van der Waals surface area contributed by atoms with Crippen LogP contribution in [0.15, 0.2) is 66.1 Å². The van der Waals surface area contributed by atoms with Crippen LogP contribution in [0.2, 0.25) is 0 Å². The molecule has 0 bridgehead atoms. The number of nitrogens with two attached hydrogens (primary N) is 2. The predicted octanol–water partition coefficient (Wildman–Crippen LogP) is 3.93. The van der Waals surface area contributed by atoms with Gasteiger partial charge in [-0.05, 0) is 30.8 Å². The molecule has 10 heteroatoms. The molecule has 0 aliphatic heterocycles. The Balaban J connectivity index is 2.10. The first kappa shape index (κ1) is 20.6. The third-order valence-corrected chi connectivity index (χ3v) is 4.63. The quantitative estimate of drug-likeness (QED) is 0.283. The monoisotopic (exact) mass is 407 g/mol. The van der Waals surface area contributed by atoms with Crippen LogP contribution in [0, 0.1) is 16.8 Å². The van der Waals surface area contributed by atoms with Gasteiger partial charge in [-0.15, -0.1) is 0 Å². The lowest BCUT2D eigenvalue weighted by molar-refractivity contribution is 0.555. The topological polar surface area (TPSA) is 155 Å². The van der Waals surface area contributed by atoms with Gasteiger partial charge in [-0.2, -0.15) is 5.11 Å². The van der Waals surface area contributed by atoms with Crippen molar-refractivity contribution < 1.29 is 4.39 Å². The molecule has 3 aromatic rings. The summed E-state index contributed by atoms with van der Waals surface area (Å²) in [6, 6.07) is 5.81. The number of halogens is 1. The first-order chi connectivity index (χ1) is 14.5. The molecule has 2 heterocycles. The van der Waals surface area contributed by atoms with Gasteiger partial charge >= 0.3 is 0 Å². The number of nitrogens with one attached hydrogen (secondary N) is 3. The van der Waals surface area contributed by atoms with E-state index in [0.717, 1.165) is 0 Å². The third kappa shape index (κ3) is 3.88. The second-order valence-corrected chi connectivity index (χ2v) is 6.41. The maximum atomic E-state index is 13.9. The molecule has 2 aromatic heterocycles. The zero-order chi connectivity index (χ0) is 21.7. The first-order valence-corrected chi connectivity index (χ1v) is 9.18. The van der Waals surface area contributed by atoms with Crippen LogP contribution in [0.5, 0.6) is 0 Å². The highest BCUT2D eigenvalue weighted by Gasteiger charge is 2.22. The summed E-state index contributed by atoms with van der Waals surface area (Å²) in [6.07, 6.45) is 7.81. The van der Waals surface area contributed by atoms with Crippen molar-refractivity contribution >= 4 is 28.3 Å². The highest BCUT2D eigenvalue weighted by atomic mass is 19.1. The van der Waals surface area contributed by atoms with Gasteiger partial charge in [0.2, 0.25) is 0 Å². The molecule has 0 saturated heterocycles. The average molecular weight is 407 g/mol. The molecule has 0 saturated carbocycles. The third-order valence-electron chi connectivity index (χ3n) is 4.63. The van der Waals surface area contributed by atoms with Crippen LogP contribution in [0.1, 0.15) is 24.9 Å². The molecule has 30 heavy (non-hydrogen) atoms. The summed E-state index contributed by atoms with van der Waals surface area (Å²) >= 11 is 0. The number of para-hydroxylation sites is 1. The van der Waals surface area contributed by atoms with Gasteiger partial charge in [-0.25, -0.2) is 19.9 Å². The summed E-state index contributed by atoms with van der Waals surface area (Å²) in [5, 5.41) is 15.3. The van der Waals surface area contributed by atoms with Crippen LogP contribution < -0.4 is 16.8 Å². The van der Waals surface area contributed by atoms with Crippen LogP contribution in [0.25, 0.3) is 11.0 Å². The molecule has 0 aliphatic carbocycles. The summed E-state index contributed by atoms with van der Waals surface area (Å²) < 4.78 is 15.7. The normalized spacial score (nSPS) is 12.9. The predicted molar refractivity (Wildman–Crippen MR) is 115 cm³/mol. The smallest absolute Gasteiger partial charge is 0.146 e. The Morgan fingerprint density at radius 3 is 2.80 bits per heavy atom. The molecule has 1 aromatic carbocycles. The Bertz CT molecular complexity index is 1150. The van der Waals surface area contributed by atoms with Gasteiger partial charge in [0, 0.05) is 18.0 Å². The van der Waals surface area contributed by atoms with E-state index in [9.17, 15) is 4.39 Å². The van der Waals surface area contributed by atoms with E-state index in [-0.39, 0.29) is 17.2 Å². The molecule has 0 amide bonds. The van der Waals surface area contributed by atoms with Crippen molar-refractivity contribution in [1.29, 1.82) is 10.9 Å². The zero-order valence-corrected chi connectivity index (χ0v) is 16.3. The molecule has 0 aliphatic rings. The molecule has 0 radical (unpaired) electrons. The second kappa shape index (κ2) is 8.95. The van der Waals surface area contributed by atoms with Gasteiger partial charge in [0.15, 0.2) is 0 Å². The number of fused-ring (bicyclic) bond motifs is 1. The van der Waals surface area contributed by atoms with Crippen LogP contribution in [0.3, 0.4) is 0 Å². The fourth-order valence-electron chi connectivity index (χ4n) is 3.22. The van der Waals surface area contributed by atoms with Crippen molar-refractivity contribution in [3.05, 3.63) is 72.3 Å². The van der Waals surface area contributed by atoms with Crippen molar-refractivity contribution in [3.8, 4) is 0 Å². The van der Waals surface area contributed by atoms with Gasteiger partial charge in [0.05, 0.1) is 22.8 Å². The number of benzene rings is 1. The first-order valence-electron chi connectivity index (χ1n) is 9.18. The minimum absolute atomic E-state index is 0.149. The average Bonchev–Trinajstić information content (AvgIpc) is 3.13. The van der Waals surface area contributed by atoms with Crippen LogP contribution in [0.4, 0.5) is 15.9 Å². The second-order valence-electron chi connectivity index (χ2n) is 6.41. The van der Waals surface area contributed by atoms with Gasteiger partial charge in [-0.3, -0.25) is 0 Å². The number of anilines is 2. The van der Waals surface area contributed by atoms with E-state index < -0.39 is 11.9 Å². The minimum atomic E-state index is -0.415. The number of hydrogen-bond acceptors (Lipinski definition) is 8. The lowest BCUT2D eigenvalue weighted by Crippen LogP contribution is -2.11. The van der Waals surface area contributed by atoms with E-state index in [1.54, 1.807) is 29.0 Å². The SMILES string of the molecule is CCC(/C(=C/Nc1ccccc1F)N=N)n1cc(C(=N)/C=C\N)c2c(N)ncnc21. The van der Waals surface area contributed by atoms with E-state index in [0.29, 0.717) is 28.7 Å². The van der Waals surface area contributed by atoms with E-state index in [1.165, 1.54) is 30.9 Å². The maximum Gasteiger partial charge on any atom is 0.146 e. The number of allylic oxidation sites excluding steroid dienone is 2. The van der Waals surface area contributed by atoms with E-state index in [1.807, 2.05) is 6.92 Å². The number of hydrogen-bond donors (Lipinski definition) is 5. The Labute approximate surface area is 172 Å². The molecule has 1 unspecified atom stereocenters. The van der Waals surface area contributed by atoms with Crippen LogP contribution in [-0.4, -0.2) is 20.2 Å². The Morgan fingerprint density at radius 1 is 1.37 bits per heavy atom. The lowest BCUT2D eigenvalue weighted by Gasteiger charge is -2.18. The summed E-state index contributed by atoms with van der Waals surface area (Å²) in [5.74, 6) is -0.182. The Kier molecular flexibility index (Phi) is 6.16. The van der Waals surface area contributed by atoms with Gasteiger partial charge < -0.3 is 26.8 Å². The molecule has 1 atom stereocenters. The molecule has 154 valence electrons. The Hall–Kier alpha value is -4.08. The number of aromatic nitrogens is 3. The van der Waals surface area contributed by atoms with Crippen molar-refractivity contribution in [1.82, 2.24) is 14.5 Å². The largest absolute Gasteiger partial charge is 0.405 e. The summed E-state index contributed by atoms with van der Waals surface area (Å²) in [6.45, 7) is 1.92. The zero-order valence-electron chi connectivity index (χ0n) is 16.3. The molecular weight excluding hydrogens is 385 g/mol. The van der Waals surface area contributed by atoms with E-state index in [2.05, 4.69) is 20.4 Å². The van der Waals surface area contributed by atoms with Crippen molar-refractivity contribution in [2.75, 3.05) is 11.1 Å². The van der Waals surface area contributed by atoms with Crippen molar-refractivity contribution in [2.24, 2.45) is 10.8 Å². The highest BCUT2D eigenvalue weighted by molar-refractivity contribution is 6.16. The van der Waals surface area contributed by atoms with Crippen molar-refractivity contribution in [3.63, 3.8) is 0 Å². The molecular formula is C20H22FN9. The molecule has 0 fully saturated rings. The van der Waals surface area contributed by atoms with E-state index in [4.69, 9.17) is 22.4 Å². The highest BCUT2D eigenvalue weighted by Crippen LogP contribution is 2.32. The van der Waals surface area contributed by atoms with Gasteiger partial charge in [0.1, 0.15) is 29.3 Å². The Morgan fingerprint density at radius 2 is 2.13 bits per heavy atom. The van der Waals surface area contributed by atoms with Crippen LogP contribution >= 0.6 is 0 Å². The van der Waals surface area contributed by atoms with Gasteiger partial charge in [0.25, 0.3) is 0 Å². The van der Waals surface area contributed by atoms with Gasteiger partial charge in [-0.1, -0.05) is 19.1 Å². The summed E-state index contributed by atoms with van der Waals surface area (Å²) in [7, 11) is 0. The summed E-state index contributed by atoms with van der Waals surface area (Å²) in [4.78, 5) is 8.36. The lowest BCUT2D eigenvalue weighted by atomic mass is 10.1. The number of nitrogens with zero attached hydrogens (tertiary/aromatic N) is 4. The minimum Gasteiger partial charge on any atom is -0.405 e. The van der Waals surface area contributed by atoms with E-state index >= 15 is 0 Å². The fraction of sp³-hybridized carbons (Fsp3) is 0.150. The fourth-order valence-corrected chi connectivity index (χ4v) is 3.22. The molecule has 7 N–H and O–H groups in total. The van der Waals surface area contributed by atoms with Crippen molar-refractivity contribution in [2.45, 2.75) is 19.4 Å². The number of rotatable bonds is 8. The molecule has 0 spiro atoms.